The van der Waals surface area contributed by atoms with Crippen molar-refractivity contribution in [1.82, 2.24) is 78.5 Å². The number of carboxylic acids is 1. The standard InChI is InChI=1S/C76H100FN19O17/c1-9-48-33-53(113-28-13-12-27-83-95-79)24-25-54(48)49-21-19-46(20-22-49)32-57(68(106)85-56(66(78)104)18-14-15-47-30-42(2)29-43(3)31-47)86-69(107)59(35-63(102)103)87-70(108)60(40-97)88-71(109)64(44(4)98)91-74(112)76(8,36-50-16-10-11-17-55(50)77)93-72(110)65(45(5)99)90-62(101)39-81-67(105)58(34-52-38-84-96-94-52)89-73(111)75(6,7)92-61(100)26-23-51-37-80-41-82-51/h10-11,16-17,19-22,24-25,29-31,33,37-38,41,44-45,56-60,64-65,97-99H,9,12-15,18,23,26-28,32,34-36,39-40H2,1-8H3,(H2,78,104)(H,80,82)(H,81,105)(H,85,106)(H,86,107)(H,87,108)(H,88,109)(H,89,111)(H,90,101)(H,91,112)(H,92,100)(H,93,110)(H,102,103)(H,84,94,96)/t44-,45-,56+,57+,58+,59+,60+,64+,65+,76+/m1/s1. The van der Waals surface area contributed by atoms with E-state index in [9.17, 15) is 78.0 Å². The van der Waals surface area contributed by atoms with Crippen LogP contribution in [-0.4, -0.2) is 209 Å². The Morgan fingerprint density at radius 3 is 1.95 bits per heavy atom. The number of nitrogens with zero attached hydrogens (tertiary/aromatic N) is 6. The van der Waals surface area contributed by atoms with E-state index in [2.05, 4.69) is 88.6 Å². The highest BCUT2D eigenvalue weighted by Gasteiger charge is 2.43. The van der Waals surface area contributed by atoms with Gasteiger partial charge in [-0.05, 0) is 151 Å². The van der Waals surface area contributed by atoms with Gasteiger partial charge in [0.1, 0.15) is 64.9 Å². The number of aromatic amines is 2. The molecule has 0 unspecified atom stereocenters. The maximum absolute atomic E-state index is 15.5. The van der Waals surface area contributed by atoms with Crippen molar-refractivity contribution < 1.29 is 87.1 Å². The number of nitrogens with one attached hydrogen (secondary N) is 12. The van der Waals surface area contributed by atoms with E-state index in [1.807, 2.05) is 57.2 Å². The number of amides is 11. The summed E-state index contributed by atoms with van der Waals surface area (Å²) in [5.41, 5.74) is 17.1. The molecule has 18 N–H and O–H groups in total. The van der Waals surface area contributed by atoms with E-state index in [1.54, 1.807) is 24.3 Å². The Labute approximate surface area is 650 Å². The van der Waals surface area contributed by atoms with Gasteiger partial charge in [-0.25, -0.2) is 9.37 Å². The summed E-state index contributed by atoms with van der Waals surface area (Å²) >= 11 is 0. The normalized spacial score (nSPS) is 14.1. The lowest BCUT2D eigenvalue weighted by Gasteiger charge is -2.34. The number of nitrogens with two attached hydrogens (primary N) is 1. The quantitative estimate of drug-likeness (QED) is 0.0108. The number of benzene rings is 4. The minimum Gasteiger partial charge on any atom is -0.494 e. The molecule has 4 aromatic carbocycles. The maximum Gasteiger partial charge on any atom is 0.305 e. The molecule has 2 aromatic heterocycles. The van der Waals surface area contributed by atoms with Crippen molar-refractivity contribution in [2.45, 2.75) is 198 Å². The largest absolute Gasteiger partial charge is 0.494 e. The monoisotopic (exact) mass is 1570 g/mol. The number of hydrogen-bond acceptors (Lipinski definition) is 20. The second-order valence-electron chi connectivity index (χ2n) is 28.1. The van der Waals surface area contributed by atoms with E-state index in [1.165, 1.54) is 50.8 Å². The molecule has 36 nitrogen and oxygen atoms in total. The number of aryl methyl sites for hydroxylation is 5. The van der Waals surface area contributed by atoms with Gasteiger partial charge in [-0.15, -0.1) is 5.10 Å². The van der Waals surface area contributed by atoms with E-state index in [-0.39, 0.29) is 43.4 Å². The fourth-order valence-electron chi connectivity index (χ4n) is 12.1. The zero-order valence-electron chi connectivity index (χ0n) is 64.1. The van der Waals surface area contributed by atoms with Crippen molar-refractivity contribution in [3.8, 4) is 16.9 Å². The van der Waals surface area contributed by atoms with Crippen molar-refractivity contribution in [3.63, 3.8) is 0 Å². The van der Waals surface area contributed by atoms with Gasteiger partial charge in [-0.2, -0.15) is 0 Å². The van der Waals surface area contributed by atoms with Crippen LogP contribution in [0.15, 0.2) is 109 Å². The van der Waals surface area contributed by atoms with Gasteiger partial charge in [0.15, 0.2) is 0 Å². The molecule has 0 aliphatic rings. The van der Waals surface area contributed by atoms with Crippen LogP contribution >= 0.6 is 0 Å². The van der Waals surface area contributed by atoms with Crippen LogP contribution in [0.25, 0.3) is 21.6 Å². The number of ether oxygens (including phenoxy) is 1. The molecule has 2 heterocycles. The molecule has 0 aliphatic carbocycles. The van der Waals surface area contributed by atoms with Crippen LogP contribution in [-0.2, 0) is 96.1 Å². The topological polar surface area (TPSA) is 560 Å². The zero-order chi connectivity index (χ0) is 83.1. The van der Waals surface area contributed by atoms with Crippen molar-refractivity contribution in [1.29, 1.82) is 0 Å². The van der Waals surface area contributed by atoms with Gasteiger partial charge in [0.2, 0.25) is 65.0 Å². The minimum absolute atomic E-state index is 0.0230. The smallest absolute Gasteiger partial charge is 0.305 e. The molecule has 6 rings (SSSR count). The molecular weight excluding hydrogens is 1470 g/mol. The Balaban J connectivity index is 1.17. The summed E-state index contributed by atoms with van der Waals surface area (Å²) in [6.07, 6.45) is 1.33. The maximum atomic E-state index is 15.5. The zero-order valence-corrected chi connectivity index (χ0v) is 64.1. The Morgan fingerprint density at radius 2 is 1.33 bits per heavy atom. The highest BCUT2D eigenvalue weighted by molar-refractivity contribution is 6.00. The van der Waals surface area contributed by atoms with Gasteiger partial charge in [-0.3, -0.25) is 62.6 Å². The number of aliphatic hydroxyl groups is 3. The summed E-state index contributed by atoms with van der Waals surface area (Å²) in [5.74, 6) is -13.8. The number of aliphatic hydroxyl groups excluding tert-OH is 3. The summed E-state index contributed by atoms with van der Waals surface area (Å²) in [5, 5.41) is 80.1. The predicted octanol–water partition coefficient (Wildman–Crippen LogP) is 0.659. The second-order valence-corrected chi connectivity index (χ2v) is 28.1. The third-order valence-electron chi connectivity index (χ3n) is 18.2. The molecule has 113 heavy (non-hydrogen) atoms. The van der Waals surface area contributed by atoms with Crippen LogP contribution in [0.4, 0.5) is 4.39 Å². The van der Waals surface area contributed by atoms with Gasteiger partial charge < -0.3 is 89.0 Å². The number of primary amides is 1. The molecule has 0 bridgehead atoms. The number of halogens is 1. The van der Waals surface area contributed by atoms with Crippen molar-refractivity contribution in [2.24, 2.45) is 10.8 Å². The van der Waals surface area contributed by atoms with Crippen molar-refractivity contribution in [2.75, 3.05) is 26.3 Å². The summed E-state index contributed by atoms with van der Waals surface area (Å²) in [6, 6.07) is 10.9. The van der Waals surface area contributed by atoms with E-state index < -0.39 is 168 Å². The molecule has 11 amide bonds. The van der Waals surface area contributed by atoms with Gasteiger partial charge >= 0.3 is 5.97 Å². The Bertz CT molecular complexity index is 4310. The summed E-state index contributed by atoms with van der Waals surface area (Å²) in [6.45, 7) is 10.4. The molecule has 0 aliphatic heterocycles. The van der Waals surface area contributed by atoms with Crippen LogP contribution in [0.2, 0.25) is 0 Å². The van der Waals surface area contributed by atoms with Gasteiger partial charge in [0, 0.05) is 55.2 Å². The molecular formula is C76H100FN19O17. The first-order valence-corrected chi connectivity index (χ1v) is 36.6. The van der Waals surface area contributed by atoms with E-state index in [0.29, 0.717) is 62.3 Å². The van der Waals surface area contributed by atoms with Gasteiger partial charge in [0.05, 0.1) is 50.4 Å². The lowest BCUT2D eigenvalue weighted by atomic mass is 9.90. The fraction of sp³-hybridized carbons (Fsp3) is 0.461. The average molecular weight is 1570 g/mol. The molecule has 6 aromatic rings. The fourth-order valence-corrected chi connectivity index (χ4v) is 12.1. The number of H-pyrrole nitrogens is 2. The molecule has 608 valence electrons. The lowest BCUT2D eigenvalue weighted by molar-refractivity contribution is -0.142. The Kier molecular flexibility index (Phi) is 34.4. The number of carbonyl (C=O) groups is 12. The first kappa shape index (κ1) is 89.7. The number of azide groups is 1. The Hall–Kier alpha value is -12.2. The molecule has 0 saturated heterocycles. The SMILES string of the molecule is CCc1cc(OCCCCN=[N+]=[N-])ccc1-c1ccc(C[C@H](NC(=O)[C@H](CC(=O)O)NC(=O)[C@H](CO)NC(=O)[C@@H](NC(=O)[C@](C)(Cc2ccccc2F)NC(=O)[C@@H](NC(=O)CNC(=O)[C@H](Cc2c[nH]nn2)NC(=O)C(C)(C)NC(=O)CCc2cnc[nH]2)[C@@H](C)O)[C@@H](C)O)C(=O)N[C@@H](CCCc2cc(C)cc(C)c2)C(N)=O)cc1. The molecule has 37 heteroatoms. The lowest BCUT2D eigenvalue weighted by Crippen LogP contribution is -2.67. The third-order valence-corrected chi connectivity index (χ3v) is 18.2. The predicted molar refractivity (Wildman–Crippen MR) is 407 cm³/mol. The van der Waals surface area contributed by atoms with Crippen molar-refractivity contribution >= 4 is 70.9 Å². The van der Waals surface area contributed by atoms with Gasteiger partial charge in [-0.1, -0.05) is 95.1 Å². The van der Waals surface area contributed by atoms with Crippen LogP contribution in [0.3, 0.4) is 0 Å². The number of hydrogen-bond donors (Lipinski definition) is 17. The average Bonchev–Trinajstić information content (AvgIpc) is 1.01. The number of rotatable bonds is 46. The highest BCUT2D eigenvalue weighted by Crippen LogP contribution is 2.29. The minimum atomic E-state index is -2.40. The van der Waals surface area contributed by atoms with Crippen molar-refractivity contribution in [3.05, 3.63) is 165 Å². The number of imidazole rings is 1. The van der Waals surface area contributed by atoms with Crippen LogP contribution in [0.1, 0.15) is 125 Å². The number of aliphatic carboxylic acids is 1. The first-order valence-electron chi connectivity index (χ1n) is 36.6. The highest BCUT2D eigenvalue weighted by atomic mass is 19.1. The number of aromatic nitrogens is 5. The van der Waals surface area contributed by atoms with Crippen LogP contribution in [0.5, 0.6) is 5.75 Å². The van der Waals surface area contributed by atoms with E-state index in [4.69, 9.17) is 16.0 Å². The summed E-state index contributed by atoms with van der Waals surface area (Å²) < 4.78 is 21.5. The van der Waals surface area contributed by atoms with Crippen LogP contribution in [0, 0.1) is 19.7 Å². The molecule has 0 radical (unpaired) electrons. The summed E-state index contributed by atoms with van der Waals surface area (Å²) in [7, 11) is 0. The van der Waals surface area contributed by atoms with Crippen LogP contribution < -0.4 is 63.6 Å². The molecule has 0 saturated carbocycles. The number of carbonyl (C=O) groups excluding carboxylic acids is 11. The first-order chi connectivity index (χ1) is 53.6. The Morgan fingerprint density at radius 1 is 0.681 bits per heavy atom. The molecule has 0 fully saturated rings. The molecule has 0 spiro atoms. The van der Waals surface area contributed by atoms with E-state index in [0.717, 1.165) is 60.2 Å². The van der Waals surface area contributed by atoms with E-state index >= 15 is 4.39 Å². The number of unbranched alkanes of at least 4 members (excludes halogenated alkanes) is 1. The third kappa shape index (κ3) is 28.6. The second kappa shape index (κ2) is 43.4. The summed E-state index contributed by atoms with van der Waals surface area (Å²) in [4.78, 5) is 175. The van der Waals surface area contributed by atoms with Gasteiger partial charge in [0.25, 0.3) is 0 Å². The number of carboxylic acid groups (broad SMARTS) is 1. The molecule has 10 atom stereocenters.